The highest BCUT2D eigenvalue weighted by Crippen LogP contribution is 2.58. The van der Waals surface area contributed by atoms with Gasteiger partial charge in [0.05, 0.1) is 46.1 Å². The third-order valence-electron chi connectivity index (χ3n) is 10.1. The van der Waals surface area contributed by atoms with Crippen LogP contribution in [0.3, 0.4) is 0 Å². The van der Waals surface area contributed by atoms with E-state index in [1.54, 1.807) is 21.3 Å². The Morgan fingerprint density at radius 3 is 2.19 bits per heavy atom. The minimum absolute atomic E-state index is 0.0730. The van der Waals surface area contributed by atoms with Gasteiger partial charge in [-0.2, -0.15) is 5.26 Å². The molecule has 1 fully saturated rings. The molecule has 0 radical (unpaired) electrons. The first-order chi connectivity index (χ1) is 20.2. The fourth-order valence-corrected chi connectivity index (χ4v) is 8.07. The van der Waals surface area contributed by atoms with E-state index in [2.05, 4.69) is 57.0 Å². The lowest BCUT2D eigenvalue weighted by Crippen LogP contribution is -2.62. The van der Waals surface area contributed by atoms with Crippen LogP contribution >= 0.6 is 0 Å². The number of methoxy groups -OCH3 is 3. The molecule has 0 aliphatic carbocycles. The van der Waals surface area contributed by atoms with Crippen molar-refractivity contribution in [3.8, 4) is 34.8 Å². The van der Waals surface area contributed by atoms with E-state index in [-0.39, 0.29) is 29.5 Å². The van der Waals surface area contributed by atoms with Crippen molar-refractivity contribution in [3.63, 3.8) is 0 Å². The molecule has 232 valence electrons. The van der Waals surface area contributed by atoms with Gasteiger partial charge in [-0.15, -0.1) is 0 Å². The quantitative estimate of drug-likeness (QED) is 0.405. The van der Waals surface area contributed by atoms with Crippen molar-refractivity contribution in [1.29, 1.82) is 5.26 Å². The number of piperazine rings is 1. The predicted octanol–water partition coefficient (Wildman–Crippen LogP) is 5.61. The molecule has 3 aliphatic rings. The number of aliphatic hydroxyl groups is 1. The largest absolute Gasteiger partial charge is 0.543 e. The smallest absolute Gasteiger partial charge is 0.250 e. The van der Waals surface area contributed by atoms with Gasteiger partial charge in [0.25, 0.3) is 8.32 Å². The Hall–Kier alpha value is -3.39. The molecule has 5 rings (SSSR count). The molecular formula is C33H45N3O6Si. The number of likely N-dealkylation sites (N-methyl/N-ethyl adjacent to an activating group) is 1. The third kappa shape index (κ3) is 4.39. The predicted molar refractivity (Wildman–Crippen MR) is 169 cm³/mol. The molecule has 2 bridgehead atoms. The second-order valence-electron chi connectivity index (χ2n) is 13.4. The van der Waals surface area contributed by atoms with E-state index >= 15 is 0 Å². The zero-order valence-corrected chi connectivity index (χ0v) is 28.2. The highest BCUT2D eigenvalue weighted by Gasteiger charge is 2.53. The van der Waals surface area contributed by atoms with E-state index < -0.39 is 20.4 Å². The third-order valence-corrected chi connectivity index (χ3v) is 14.5. The molecule has 0 amide bonds. The summed E-state index contributed by atoms with van der Waals surface area (Å²) in [5.74, 6) is 2.32. The van der Waals surface area contributed by atoms with Crippen LogP contribution in [0, 0.1) is 25.2 Å². The molecule has 0 spiro atoms. The molecule has 2 aromatic rings. The fraction of sp³-hybridized carbons (Fsp3) is 0.545. The van der Waals surface area contributed by atoms with E-state index in [1.807, 2.05) is 25.8 Å². The number of ether oxygens (including phenoxy) is 3. The summed E-state index contributed by atoms with van der Waals surface area (Å²) < 4.78 is 24.6. The Morgan fingerprint density at radius 2 is 1.65 bits per heavy atom. The van der Waals surface area contributed by atoms with E-state index in [9.17, 15) is 15.5 Å². The van der Waals surface area contributed by atoms with Gasteiger partial charge in [-0.3, -0.25) is 4.90 Å². The van der Waals surface area contributed by atoms with Crippen LogP contribution in [0.15, 0.2) is 11.8 Å². The van der Waals surface area contributed by atoms with Gasteiger partial charge in [0, 0.05) is 34.0 Å². The highest BCUT2D eigenvalue weighted by molar-refractivity contribution is 6.74. The van der Waals surface area contributed by atoms with Crippen LogP contribution in [0.2, 0.25) is 18.1 Å². The number of benzene rings is 2. The maximum Gasteiger partial charge on any atom is 0.250 e. The Balaban J connectivity index is 1.89. The number of aryl methyl sites for hydroxylation is 1. The molecule has 9 nitrogen and oxygen atoms in total. The Kier molecular flexibility index (Phi) is 7.69. The molecule has 3 aliphatic heterocycles. The van der Waals surface area contributed by atoms with Crippen molar-refractivity contribution >= 4 is 14.4 Å². The second kappa shape index (κ2) is 10.6. The number of nitriles is 1. The number of aromatic hydroxyl groups is 1. The van der Waals surface area contributed by atoms with Gasteiger partial charge in [-0.05, 0) is 62.7 Å². The van der Waals surface area contributed by atoms with Crippen molar-refractivity contribution in [1.82, 2.24) is 9.80 Å². The van der Waals surface area contributed by atoms with Crippen LogP contribution in [0.25, 0.3) is 6.08 Å². The van der Waals surface area contributed by atoms with Crippen LogP contribution in [0.5, 0.6) is 28.7 Å². The highest BCUT2D eigenvalue weighted by atomic mass is 28.4. The summed E-state index contributed by atoms with van der Waals surface area (Å²) in [6.45, 7) is 14.6. The molecule has 0 unspecified atom stereocenters. The molecule has 0 aromatic heterocycles. The topological polar surface area (TPSA) is 108 Å². The summed E-state index contributed by atoms with van der Waals surface area (Å²) >= 11 is 0. The van der Waals surface area contributed by atoms with E-state index in [4.69, 9.17) is 18.6 Å². The summed E-state index contributed by atoms with van der Waals surface area (Å²) in [7, 11) is 4.44. The van der Waals surface area contributed by atoms with Gasteiger partial charge in [-0.25, -0.2) is 0 Å². The fourth-order valence-electron chi connectivity index (χ4n) is 6.99. The van der Waals surface area contributed by atoms with E-state index in [0.717, 1.165) is 39.1 Å². The van der Waals surface area contributed by atoms with Crippen molar-refractivity contribution in [2.75, 3.05) is 35.0 Å². The minimum atomic E-state index is -2.34. The van der Waals surface area contributed by atoms with Gasteiger partial charge >= 0.3 is 0 Å². The average Bonchev–Trinajstić information content (AvgIpc) is 2.93. The van der Waals surface area contributed by atoms with Gasteiger partial charge in [0.15, 0.2) is 23.0 Å². The zero-order valence-electron chi connectivity index (χ0n) is 27.2. The van der Waals surface area contributed by atoms with Crippen LogP contribution in [-0.4, -0.2) is 75.4 Å². The van der Waals surface area contributed by atoms with Crippen LogP contribution in [0.1, 0.15) is 66.2 Å². The molecule has 1 saturated heterocycles. The van der Waals surface area contributed by atoms with Crippen LogP contribution in [0.4, 0.5) is 0 Å². The maximum atomic E-state index is 11.6. The molecule has 3 heterocycles. The summed E-state index contributed by atoms with van der Waals surface area (Å²) in [6.07, 6.45) is 2.64. The first-order valence-electron chi connectivity index (χ1n) is 14.8. The van der Waals surface area contributed by atoms with Crippen LogP contribution in [-0.2, 0) is 6.42 Å². The SMILES string of the molecule is COc1c(C)cc2c(c1O)[C@@H]1C3=Cc4c(O[Si](C)(C)C(C)(C)C)c(C)c(OC)c(OC)c4[C@H](CO)N3[C@@H](C#N)[C@H](C2)N1C. The Bertz CT molecular complexity index is 1540. The number of nitrogens with zero attached hydrogens (tertiary/aromatic N) is 3. The van der Waals surface area contributed by atoms with Crippen molar-refractivity contribution in [2.24, 2.45) is 0 Å². The molecule has 2 N–H and O–H groups in total. The van der Waals surface area contributed by atoms with Crippen molar-refractivity contribution < 1.29 is 28.8 Å². The lowest BCUT2D eigenvalue weighted by Gasteiger charge is -2.57. The van der Waals surface area contributed by atoms with E-state index in [1.165, 1.54) is 0 Å². The molecule has 2 aromatic carbocycles. The summed E-state index contributed by atoms with van der Waals surface area (Å²) in [6, 6.07) is 2.89. The van der Waals surface area contributed by atoms with Gasteiger partial charge in [-0.1, -0.05) is 26.8 Å². The minimum Gasteiger partial charge on any atom is -0.543 e. The molecular weight excluding hydrogens is 562 g/mol. The maximum absolute atomic E-state index is 11.6. The number of aliphatic hydroxyl groups excluding tert-OH is 1. The Labute approximate surface area is 256 Å². The zero-order chi connectivity index (χ0) is 31.8. The number of phenolic OH excluding ortho intramolecular Hbond substituents is 1. The van der Waals surface area contributed by atoms with Gasteiger partial charge in [0.1, 0.15) is 11.8 Å². The van der Waals surface area contributed by atoms with Crippen LogP contribution < -0.4 is 18.6 Å². The van der Waals surface area contributed by atoms with Crippen molar-refractivity contribution in [2.45, 2.75) is 83.3 Å². The number of fused-ring (bicyclic) bond motifs is 7. The summed E-state index contributed by atoms with van der Waals surface area (Å²) in [4.78, 5) is 4.20. The lowest BCUT2D eigenvalue weighted by molar-refractivity contribution is 0.00466. The second-order valence-corrected chi connectivity index (χ2v) is 18.2. The molecule has 10 heteroatoms. The monoisotopic (exact) mass is 607 g/mol. The summed E-state index contributed by atoms with van der Waals surface area (Å²) in [5.41, 5.74) is 5.77. The first-order valence-corrected chi connectivity index (χ1v) is 17.7. The number of rotatable bonds is 6. The summed E-state index contributed by atoms with van der Waals surface area (Å²) in [5, 5.41) is 33.3. The van der Waals surface area contributed by atoms with E-state index in [0.29, 0.717) is 29.4 Å². The van der Waals surface area contributed by atoms with Gasteiger partial charge < -0.3 is 33.7 Å². The normalized spacial score (nSPS) is 23.0. The first kappa shape index (κ1) is 31.0. The van der Waals surface area contributed by atoms with Gasteiger partial charge in [0.2, 0.25) is 0 Å². The standard InChI is InChI=1S/C33H45N3O6Si/c1-17-12-19-13-21-23(15-34)36-22(27(35(21)6)25(19)28(38)29(17)39-7)14-20-26(24(36)16-37)32(41-9)31(40-8)18(2)30(20)42-43(10,11)33(3,4)5/h12,14,21,23-24,27,37-38H,13,16H2,1-11H3/t21-,23-,24-,27-/m0/s1. The molecule has 43 heavy (non-hydrogen) atoms. The number of hydrogen-bond acceptors (Lipinski definition) is 9. The molecule has 4 atom stereocenters. The number of phenols is 1. The number of hydrogen-bond donors (Lipinski definition) is 2. The average molecular weight is 608 g/mol. The molecule has 0 saturated carbocycles. The van der Waals surface area contributed by atoms with Crippen molar-refractivity contribution in [3.05, 3.63) is 45.1 Å². The Morgan fingerprint density at radius 1 is 1.02 bits per heavy atom. The lowest BCUT2D eigenvalue weighted by atomic mass is 9.75.